The molecule has 0 saturated heterocycles. The number of nitrogens with zero attached hydrogens (tertiary/aromatic N) is 1. The van der Waals surface area contributed by atoms with Crippen molar-refractivity contribution in [1.29, 1.82) is 0 Å². The van der Waals surface area contributed by atoms with Crippen LogP contribution < -0.4 is 9.47 Å². The summed E-state index contributed by atoms with van der Waals surface area (Å²) in [5.41, 5.74) is 0.723. The minimum atomic E-state index is -3.56. The van der Waals surface area contributed by atoms with Gasteiger partial charge in [0, 0.05) is 12.8 Å². The quantitative estimate of drug-likeness (QED) is 0.598. The Balaban J connectivity index is 2.06. The summed E-state index contributed by atoms with van der Waals surface area (Å²) in [5, 5.41) is 0. The van der Waals surface area contributed by atoms with Crippen LogP contribution in [-0.2, 0) is 0 Å². The molecule has 0 spiro atoms. The van der Waals surface area contributed by atoms with Crippen LogP contribution in [-0.4, -0.2) is 19.1 Å². The lowest BCUT2D eigenvalue weighted by atomic mass is 10.2. The molecule has 0 aliphatic carbocycles. The van der Waals surface area contributed by atoms with Gasteiger partial charge in [-0.25, -0.2) is 0 Å². The van der Waals surface area contributed by atoms with Crippen molar-refractivity contribution in [2.24, 2.45) is 4.99 Å². The highest BCUT2D eigenvalue weighted by Crippen LogP contribution is 2.40. The van der Waals surface area contributed by atoms with Crippen molar-refractivity contribution in [3.63, 3.8) is 0 Å². The van der Waals surface area contributed by atoms with E-state index in [0.29, 0.717) is 0 Å². The summed E-state index contributed by atoms with van der Waals surface area (Å²) in [4.78, 5) is 4.18. The highest BCUT2D eigenvalue weighted by Gasteiger charge is 2.43. The van der Waals surface area contributed by atoms with Crippen LogP contribution in [0.3, 0.4) is 0 Å². The number of fused-ring (bicyclic) bond motifs is 1. The number of hydrogen-bond acceptors (Lipinski definition) is 3. The van der Waals surface area contributed by atoms with Crippen molar-refractivity contribution in [1.82, 2.24) is 0 Å². The second-order valence-corrected chi connectivity index (χ2v) is 3.76. The zero-order valence-corrected chi connectivity index (χ0v) is 9.45. The van der Waals surface area contributed by atoms with Gasteiger partial charge in [-0.1, -0.05) is 13.3 Å². The van der Waals surface area contributed by atoms with Gasteiger partial charge < -0.3 is 9.47 Å². The highest BCUT2D eigenvalue weighted by molar-refractivity contribution is 5.81. The summed E-state index contributed by atoms with van der Waals surface area (Å²) in [6.07, 6.45) is 0.180. The molecule has 0 radical (unpaired) electrons. The van der Waals surface area contributed by atoms with E-state index in [2.05, 4.69) is 21.4 Å². The summed E-state index contributed by atoms with van der Waals surface area (Å²) in [6.45, 7) is 2.82. The molecule has 1 aliphatic heterocycles. The standard InChI is InChI=1S/C12H13F2NO2/c1-2-3-6-15-8-9-4-5-10-11(7-9)17-12(13,14)16-10/h4-5,7-8H,2-3,6H2,1H3/b15-8+. The Morgan fingerprint density at radius 1 is 1.29 bits per heavy atom. The van der Waals surface area contributed by atoms with Crippen LogP contribution in [0.4, 0.5) is 8.78 Å². The summed E-state index contributed by atoms with van der Waals surface area (Å²) in [6, 6.07) is 4.61. The van der Waals surface area contributed by atoms with E-state index in [0.717, 1.165) is 24.9 Å². The lowest BCUT2D eigenvalue weighted by Gasteiger charge is -2.04. The Kier molecular flexibility index (Phi) is 3.26. The molecule has 92 valence electrons. The molecular formula is C12H13F2NO2. The van der Waals surface area contributed by atoms with E-state index in [1.54, 1.807) is 12.3 Å². The summed E-state index contributed by atoms with van der Waals surface area (Å²) >= 11 is 0. The summed E-state index contributed by atoms with van der Waals surface area (Å²) in [7, 11) is 0. The average Bonchev–Trinajstić information content (AvgIpc) is 2.57. The lowest BCUT2D eigenvalue weighted by molar-refractivity contribution is -0.286. The fourth-order valence-corrected chi connectivity index (χ4v) is 1.47. The maximum atomic E-state index is 12.7. The third-order valence-corrected chi connectivity index (χ3v) is 2.31. The van der Waals surface area contributed by atoms with Gasteiger partial charge in [0.2, 0.25) is 0 Å². The zero-order valence-electron chi connectivity index (χ0n) is 9.45. The molecule has 3 nitrogen and oxygen atoms in total. The molecule has 0 atom stereocenters. The van der Waals surface area contributed by atoms with E-state index in [1.807, 2.05) is 0 Å². The van der Waals surface area contributed by atoms with Gasteiger partial charge in [-0.05, 0) is 30.2 Å². The summed E-state index contributed by atoms with van der Waals surface area (Å²) in [5.74, 6) is 0.107. The Morgan fingerprint density at radius 3 is 2.82 bits per heavy atom. The minimum Gasteiger partial charge on any atom is -0.395 e. The molecule has 5 heteroatoms. The van der Waals surface area contributed by atoms with Crippen LogP contribution in [0.1, 0.15) is 25.3 Å². The number of halogens is 2. The zero-order chi connectivity index (χ0) is 12.3. The van der Waals surface area contributed by atoms with Crippen molar-refractivity contribution < 1.29 is 18.3 Å². The van der Waals surface area contributed by atoms with Crippen molar-refractivity contribution in [3.05, 3.63) is 23.8 Å². The van der Waals surface area contributed by atoms with Gasteiger partial charge in [0.25, 0.3) is 0 Å². The molecule has 0 unspecified atom stereocenters. The predicted molar refractivity (Wildman–Crippen MR) is 60.0 cm³/mol. The SMILES string of the molecule is CCCC/N=C/c1ccc2c(c1)OC(F)(F)O2. The molecular weight excluding hydrogens is 228 g/mol. The van der Waals surface area contributed by atoms with Crippen LogP contribution in [0.2, 0.25) is 0 Å². The lowest BCUT2D eigenvalue weighted by Crippen LogP contribution is -2.25. The molecule has 0 amide bonds. The summed E-state index contributed by atoms with van der Waals surface area (Å²) < 4.78 is 34.1. The molecule has 0 aromatic heterocycles. The van der Waals surface area contributed by atoms with Gasteiger partial charge in [0.15, 0.2) is 11.5 Å². The van der Waals surface area contributed by atoms with Crippen LogP contribution in [0, 0.1) is 0 Å². The Hall–Kier alpha value is -1.65. The van der Waals surface area contributed by atoms with E-state index in [4.69, 9.17) is 0 Å². The molecule has 1 aromatic rings. The van der Waals surface area contributed by atoms with Crippen LogP contribution in [0.5, 0.6) is 11.5 Å². The number of aliphatic imine (C=N–C) groups is 1. The van der Waals surface area contributed by atoms with Crippen LogP contribution >= 0.6 is 0 Å². The fourth-order valence-electron chi connectivity index (χ4n) is 1.47. The monoisotopic (exact) mass is 241 g/mol. The topological polar surface area (TPSA) is 30.8 Å². The molecule has 17 heavy (non-hydrogen) atoms. The molecule has 0 N–H and O–H groups in total. The third-order valence-electron chi connectivity index (χ3n) is 2.31. The predicted octanol–water partition coefficient (Wildman–Crippen LogP) is 3.23. The number of rotatable bonds is 4. The van der Waals surface area contributed by atoms with Crippen molar-refractivity contribution in [2.75, 3.05) is 6.54 Å². The molecule has 1 aliphatic rings. The number of alkyl halides is 2. The van der Waals surface area contributed by atoms with Crippen molar-refractivity contribution in [2.45, 2.75) is 26.1 Å². The van der Waals surface area contributed by atoms with Crippen molar-refractivity contribution >= 4 is 6.21 Å². The molecule has 1 heterocycles. The minimum absolute atomic E-state index is 0.0504. The largest absolute Gasteiger partial charge is 0.586 e. The van der Waals surface area contributed by atoms with Gasteiger partial charge in [-0.15, -0.1) is 8.78 Å². The van der Waals surface area contributed by atoms with Gasteiger partial charge in [0.05, 0.1) is 0 Å². The molecule has 0 saturated carbocycles. The smallest absolute Gasteiger partial charge is 0.395 e. The Morgan fingerprint density at radius 2 is 2.06 bits per heavy atom. The van der Waals surface area contributed by atoms with Crippen molar-refractivity contribution in [3.8, 4) is 11.5 Å². The van der Waals surface area contributed by atoms with Gasteiger partial charge in [0.1, 0.15) is 0 Å². The number of benzene rings is 1. The van der Waals surface area contributed by atoms with Gasteiger partial charge in [-0.2, -0.15) is 0 Å². The average molecular weight is 241 g/mol. The Labute approximate surface area is 98.1 Å². The van der Waals surface area contributed by atoms with E-state index in [1.165, 1.54) is 12.1 Å². The van der Waals surface area contributed by atoms with Gasteiger partial charge in [-0.3, -0.25) is 4.99 Å². The maximum absolute atomic E-state index is 12.7. The maximum Gasteiger partial charge on any atom is 0.586 e. The van der Waals surface area contributed by atoms with Gasteiger partial charge >= 0.3 is 6.29 Å². The first-order chi connectivity index (χ1) is 8.11. The fraction of sp³-hybridized carbons (Fsp3) is 0.417. The first kappa shape index (κ1) is 11.8. The van der Waals surface area contributed by atoms with E-state index in [-0.39, 0.29) is 11.5 Å². The molecule has 0 fully saturated rings. The normalized spacial score (nSPS) is 16.6. The number of ether oxygens (including phenoxy) is 2. The molecule has 0 bridgehead atoms. The molecule has 2 rings (SSSR count). The van der Waals surface area contributed by atoms with Crippen LogP contribution in [0.25, 0.3) is 0 Å². The van der Waals surface area contributed by atoms with E-state index in [9.17, 15) is 8.78 Å². The number of unbranched alkanes of at least 4 members (excludes halogenated alkanes) is 1. The second-order valence-electron chi connectivity index (χ2n) is 3.76. The molecule has 1 aromatic carbocycles. The highest BCUT2D eigenvalue weighted by atomic mass is 19.3. The second kappa shape index (κ2) is 4.69. The van der Waals surface area contributed by atoms with Crippen LogP contribution in [0.15, 0.2) is 23.2 Å². The third kappa shape index (κ3) is 2.93. The Bertz CT molecular complexity index is 433. The first-order valence-corrected chi connectivity index (χ1v) is 5.50. The van der Waals surface area contributed by atoms with E-state index >= 15 is 0 Å². The van der Waals surface area contributed by atoms with E-state index < -0.39 is 6.29 Å². The number of hydrogen-bond donors (Lipinski definition) is 0. The first-order valence-electron chi connectivity index (χ1n) is 5.50.